The minimum absolute atomic E-state index is 0.172. The maximum absolute atomic E-state index is 13.8. The standard InChI is InChI=1S/C22H20FN7O2/c1-31-17-10-8-16(9-11-17)26-21-27-20(24-14-18-6-4-12-32-18)28-22(29-21)30-25-13-15-5-2-3-7-19(15)23/h2-13H,14H2,1H3,(H3,24,26,27,28,29,30)/b25-13+. The highest BCUT2D eigenvalue weighted by Crippen LogP contribution is 2.19. The third kappa shape index (κ3) is 5.57. The van der Waals surface area contributed by atoms with Gasteiger partial charge < -0.3 is 19.8 Å². The van der Waals surface area contributed by atoms with Crippen LogP contribution in [0.15, 0.2) is 76.4 Å². The van der Waals surface area contributed by atoms with Gasteiger partial charge in [0, 0.05) is 11.3 Å². The summed E-state index contributed by atoms with van der Waals surface area (Å²) in [7, 11) is 1.60. The first-order chi connectivity index (χ1) is 15.7. The van der Waals surface area contributed by atoms with Crippen LogP contribution in [-0.2, 0) is 6.54 Å². The van der Waals surface area contributed by atoms with Gasteiger partial charge in [0.25, 0.3) is 0 Å². The molecule has 0 aliphatic heterocycles. The van der Waals surface area contributed by atoms with Crippen molar-refractivity contribution in [1.29, 1.82) is 0 Å². The average molecular weight is 433 g/mol. The van der Waals surface area contributed by atoms with E-state index in [1.54, 1.807) is 37.6 Å². The Morgan fingerprint density at radius 1 is 0.969 bits per heavy atom. The van der Waals surface area contributed by atoms with Crippen LogP contribution in [0.25, 0.3) is 0 Å². The number of halogens is 1. The molecule has 4 rings (SSSR count). The number of aromatic nitrogens is 3. The predicted octanol–water partition coefficient (Wildman–Crippen LogP) is 4.41. The van der Waals surface area contributed by atoms with Gasteiger partial charge >= 0.3 is 0 Å². The Kier molecular flexibility index (Phi) is 6.51. The van der Waals surface area contributed by atoms with Gasteiger partial charge in [0.05, 0.1) is 26.1 Å². The van der Waals surface area contributed by atoms with Crippen molar-refractivity contribution < 1.29 is 13.5 Å². The van der Waals surface area contributed by atoms with E-state index in [1.165, 1.54) is 12.3 Å². The van der Waals surface area contributed by atoms with Gasteiger partial charge in [0.15, 0.2) is 0 Å². The van der Waals surface area contributed by atoms with Crippen molar-refractivity contribution in [3.05, 3.63) is 84.1 Å². The number of nitrogens with one attached hydrogen (secondary N) is 3. The first kappa shape index (κ1) is 20.8. The minimum Gasteiger partial charge on any atom is -0.497 e. The molecule has 0 radical (unpaired) electrons. The largest absolute Gasteiger partial charge is 0.497 e. The predicted molar refractivity (Wildman–Crippen MR) is 120 cm³/mol. The van der Waals surface area contributed by atoms with Gasteiger partial charge in [-0.1, -0.05) is 18.2 Å². The number of rotatable bonds is 9. The van der Waals surface area contributed by atoms with Crippen LogP contribution in [0, 0.1) is 5.82 Å². The van der Waals surface area contributed by atoms with Gasteiger partial charge in [-0.3, -0.25) is 0 Å². The Morgan fingerprint density at radius 2 is 1.75 bits per heavy atom. The van der Waals surface area contributed by atoms with Crippen LogP contribution < -0.4 is 20.8 Å². The number of nitrogens with zero attached hydrogens (tertiary/aromatic N) is 4. The molecule has 2 heterocycles. The fourth-order valence-electron chi connectivity index (χ4n) is 2.68. The maximum Gasteiger partial charge on any atom is 0.250 e. The van der Waals surface area contributed by atoms with Crippen LogP contribution in [0.4, 0.5) is 27.9 Å². The Balaban J connectivity index is 1.53. The number of hydrazone groups is 1. The highest BCUT2D eigenvalue weighted by molar-refractivity contribution is 5.80. The number of methoxy groups -OCH3 is 1. The van der Waals surface area contributed by atoms with Crippen LogP contribution in [0.2, 0.25) is 0 Å². The molecule has 4 aromatic rings. The van der Waals surface area contributed by atoms with Gasteiger partial charge in [-0.2, -0.15) is 20.1 Å². The summed E-state index contributed by atoms with van der Waals surface area (Å²) < 4.78 is 24.3. The summed E-state index contributed by atoms with van der Waals surface area (Å²) in [6, 6.07) is 17.2. The van der Waals surface area contributed by atoms with Crippen molar-refractivity contribution in [2.75, 3.05) is 23.2 Å². The summed E-state index contributed by atoms with van der Waals surface area (Å²) in [4.78, 5) is 13.0. The molecule has 10 heteroatoms. The SMILES string of the molecule is COc1ccc(Nc2nc(NCc3ccco3)nc(N/N=C/c3ccccc3F)n2)cc1. The van der Waals surface area contributed by atoms with Gasteiger partial charge in [-0.15, -0.1) is 0 Å². The molecule has 0 saturated carbocycles. The minimum atomic E-state index is -0.378. The third-order valence-corrected chi connectivity index (χ3v) is 4.26. The monoisotopic (exact) mass is 433 g/mol. The number of hydrogen-bond acceptors (Lipinski definition) is 9. The van der Waals surface area contributed by atoms with E-state index in [9.17, 15) is 4.39 Å². The fourth-order valence-corrected chi connectivity index (χ4v) is 2.68. The van der Waals surface area contributed by atoms with Gasteiger partial charge in [0.1, 0.15) is 17.3 Å². The van der Waals surface area contributed by atoms with Crippen LogP contribution >= 0.6 is 0 Å². The number of anilines is 4. The van der Waals surface area contributed by atoms with Crippen molar-refractivity contribution in [1.82, 2.24) is 15.0 Å². The Labute approximate surface area is 183 Å². The van der Waals surface area contributed by atoms with Crippen molar-refractivity contribution >= 4 is 29.7 Å². The summed E-state index contributed by atoms with van der Waals surface area (Å²) in [6.07, 6.45) is 2.94. The van der Waals surface area contributed by atoms with E-state index in [0.717, 1.165) is 17.2 Å². The molecule has 9 nitrogen and oxygen atoms in total. The second kappa shape index (κ2) is 10.0. The number of hydrogen-bond donors (Lipinski definition) is 3. The average Bonchev–Trinajstić information content (AvgIpc) is 3.33. The molecule has 32 heavy (non-hydrogen) atoms. The van der Waals surface area contributed by atoms with Crippen molar-refractivity contribution in [3.63, 3.8) is 0 Å². The Bertz CT molecular complexity index is 1180. The zero-order valence-corrected chi connectivity index (χ0v) is 17.1. The number of furan rings is 1. The molecule has 0 saturated heterocycles. The molecule has 3 N–H and O–H groups in total. The van der Waals surface area contributed by atoms with E-state index in [4.69, 9.17) is 9.15 Å². The van der Waals surface area contributed by atoms with Crippen LogP contribution in [0.3, 0.4) is 0 Å². The lowest BCUT2D eigenvalue weighted by Gasteiger charge is -2.10. The molecule has 0 fully saturated rings. The Morgan fingerprint density at radius 3 is 2.50 bits per heavy atom. The molecule has 162 valence electrons. The Hall–Kier alpha value is -4.47. The smallest absolute Gasteiger partial charge is 0.250 e. The fraction of sp³-hybridized carbons (Fsp3) is 0.0909. The number of benzene rings is 2. The quantitative estimate of drug-likeness (QED) is 0.263. The molecule has 0 spiro atoms. The molecule has 0 atom stereocenters. The molecule has 0 amide bonds. The van der Waals surface area contributed by atoms with Gasteiger partial charge in [0.2, 0.25) is 17.8 Å². The van der Waals surface area contributed by atoms with E-state index < -0.39 is 0 Å². The highest BCUT2D eigenvalue weighted by atomic mass is 19.1. The van der Waals surface area contributed by atoms with Gasteiger partial charge in [-0.05, 0) is 42.5 Å². The molecule has 0 aliphatic rings. The molecular weight excluding hydrogens is 413 g/mol. The van der Waals surface area contributed by atoms with Crippen LogP contribution in [0.1, 0.15) is 11.3 Å². The topological polar surface area (TPSA) is 109 Å². The molecule has 2 aromatic heterocycles. The summed E-state index contributed by atoms with van der Waals surface area (Å²) in [5, 5.41) is 10.2. The second-order valence-corrected chi connectivity index (χ2v) is 6.48. The first-order valence-corrected chi connectivity index (χ1v) is 9.66. The second-order valence-electron chi connectivity index (χ2n) is 6.48. The summed E-state index contributed by atoms with van der Waals surface area (Å²) in [5.74, 6) is 1.84. The van der Waals surface area contributed by atoms with E-state index in [-0.39, 0.29) is 17.7 Å². The zero-order valence-electron chi connectivity index (χ0n) is 17.1. The normalized spacial score (nSPS) is 10.8. The van der Waals surface area contributed by atoms with Crippen LogP contribution in [0.5, 0.6) is 5.75 Å². The molecular formula is C22H20FN7O2. The highest BCUT2D eigenvalue weighted by Gasteiger charge is 2.08. The van der Waals surface area contributed by atoms with Crippen molar-refractivity contribution in [2.24, 2.45) is 5.10 Å². The lowest BCUT2D eigenvalue weighted by Crippen LogP contribution is -2.09. The zero-order chi connectivity index (χ0) is 22.2. The first-order valence-electron chi connectivity index (χ1n) is 9.66. The van der Waals surface area contributed by atoms with E-state index >= 15 is 0 Å². The summed E-state index contributed by atoms with van der Waals surface area (Å²) in [5.41, 5.74) is 3.81. The van der Waals surface area contributed by atoms with E-state index in [1.807, 2.05) is 30.3 Å². The summed E-state index contributed by atoms with van der Waals surface area (Å²) >= 11 is 0. The van der Waals surface area contributed by atoms with Gasteiger partial charge in [-0.25, -0.2) is 9.82 Å². The van der Waals surface area contributed by atoms with Crippen molar-refractivity contribution in [3.8, 4) is 5.75 Å². The molecule has 2 aromatic carbocycles. The molecule has 0 aliphatic carbocycles. The van der Waals surface area contributed by atoms with Crippen LogP contribution in [-0.4, -0.2) is 28.3 Å². The lowest BCUT2D eigenvalue weighted by atomic mass is 10.2. The molecule has 0 unspecified atom stereocenters. The van der Waals surface area contributed by atoms with Crippen molar-refractivity contribution in [2.45, 2.75) is 6.54 Å². The maximum atomic E-state index is 13.8. The third-order valence-electron chi connectivity index (χ3n) is 4.26. The number of ether oxygens (including phenoxy) is 1. The van der Waals surface area contributed by atoms with E-state index in [0.29, 0.717) is 18.1 Å². The molecule has 0 bridgehead atoms. The lowest BCUT2D eigenvalue weighted by molar-refractivity contribution is 0.415. The van der Waals surface area contributed by atoms with E-state index in [2.05, 4.69) is 36.1 Å². The summed E-state index contributed by atoms with van der Waals surface area (Å²) in [6.45, 7) is 0.386.